The van der Waals surface area contributed by atoms with Crippen LogP contribution in [0, 0.1) is 17.1 Å². The molecule has 0 aromatic heterocycles. The number of anilines is 1. The molecule has 0 fully saturated rings. The van der Waals surface area contributed by atoms with Gasteiger partial charge in [-0.1, -0.05) is 0 Å². The monoisotopic (exact) mass is 243 g/mol. The minimum atomic E-state index is -3.58. The first kappa shape index (κ1) is 12.4. The number of benzene rings is 1. The van der Waals surface area contributed by atoms with Crippen LogP contribution in [0.3, 0.4) is 0 Å². The molecule has 0 bridgehead atoms. The van der Waals surface area contributed by atoms with Crippen molar-refractivity contribution in [1.29, 1.82) is 5.26 Å². The summed E-state index contributed by atoms with van der Waals surface area (Å²) in [7, 11) is -3.58. The predicted octanol–water partition coefficient (Wildman–Crippen LogP) is 0.398. The third-order valence-electron chi connectivity index (χ3n) is 1.75. The number of sulfonamides is 1. The Morgan fingerprint density at radius 2 is 2.19 bits per heavy atom. The summed E-state index contributed by atoms with van der Waals surface area (Å²) in [5, 5.41) is 8.69. The molecule has 0 saturated heterocycles. The van der Waals surface area contributed by atoms with Gasteiger partial charge in [0, 0.05) is 6.54 Å². The highest BCUT2D eigenvalue weighted by Crippen LogP contribution is 2.17. The van der Waals surface area contributed by atoms with E-state index in [-0.39, 0.29) is 23.5 Å². The summed E-state index contributed by atoms with van der Waals surface area (Å²) in [5.74, 6) is -0.853. The van der Waals surface area contributed by atoms with Crippen molar-refractivity contribution in [2.45, 2.75) is 0 Å². The summed E-state index contributed by atoms with van der Waals surface area (Å²) >= 11 is 0. The van der Waals surface area contributed by atoms with Crippen LogP contribution in [0.25, 0.3) is 0 Å². The molecule has 16 heavy (non-hydrogen) atoms. The zero-order chi connectivity index (χ0) is 12.2. The average Bonchev–Trinajstić information content (AvgIpc) is 2.20. The van der Waals surface area contributed by atoms with E-state index in [1.165, 1.54) is 6.07 Å². The Kier molecular flexibility index (Phi) is 3.82. The highest BCUT2D eigenvalue weighted by atomic mass is 32.2. The molecule has 0 aliphatic rings. The summed E-state index contributed by atoms with van der Waals surface area (Å²) in [6.07, 6.45) is 0. The first-order chi connectivity index (χ1) is 7.48. The second-order valence-electron chi connectivity index (χ2n) is 3.01. The van der Waals surface area contributed by atoms with E-state index in [0.29, 0.717) is 0 Å². The molecule has 0 heterocycles. The van der Waals surface area contributed by atoms with Crippen LogP contribution in [-0.2, 0) is 10.0 Å². The molecule has 3 N–H and O–H groups in total. The van der Waals surface area contributed by atoms with Gasteiger partial charge in [-0.25, -0.2) is 12.8 Å². The van der Waals surface area contributed by atoms with Crippen LogP contribution >= 0.6 is 0 Å². The van der Waals surface area contributed by atoms with Gasteiger partial charge in [0.25, 0.3) is 0 Å². The zero-order valence-electron chi connectivity index (χ0n) is 8.27. The molecule has 1 aromatic carbocycles. The summed E-state index contributed by atoms with van der Waals surface area (Å²) < 4.78 is 37.7. The van der Waals surface area contributed by atoms with E-state index in [1.807, 2.05) is 0 Å². The number of halogens is 1. The number of nitrogens with two attached hydrogens (primary N) is 1. The maximum Gasteiger partial charge on any atom is 0.234 e. The van der Waals surface area contributed by atoms with E-state index in [9.17, 15) is 12.8 Å². The lowest BCUT2D eigenvalue weighted by molar-refractivity contribution is 0.600. The Balaban J connectivity index is 3.03. The quantitative estimate of drug-likeness (QED) is 0.799. The van der Waals surface area contributed by atoms with Crippen molar-refractivity contribution >= 4 is 15.7 Å². The van der Waals surface area contributed by atoms with Crippen molar-refractivity contribution in [2.24, 2.45) is 5.73 Å². The van der Waals surface area contributed by atoms with Crippen LogP contribution in [0.5, 0.6) is 0 Å². The standard InChI is InChI=1S/C9H10FN3O2S/c10-8-1-2-9(7(5-8)6-12)13-16(14,15)4-3-11/h1-2,5,13H,3-4,11H2. The van der Waals surface area contributed by atoms with Gasteiger partial charge in [-0.05, 0) is 18.2 Å². The second kappa shape index (κ2) is 4.92. The van der Waals surface area contributed by atoms with Gasteiger partial charge in [-0.15, -0.1) is 0 Å². The Morgan fingerprint density at radius 3 is 2.75 bits per heavy atom. The van der Waals surface area contributed by atoms with Gasteiger partial charge < -0.3 is 5.73 Å². The maximum absolute atomic E-state index is 12.8. The average molecular weight is 243 g/mol. The fraction of sp³-hybridized carbons (Fsp3) is 0.222. The topological polar surface area (TPSA) is 96.0 Å². The minimum absolute atomic E-state index is 0.0294. The van der Waals surface area contributed by atoms with Crippen molar-refractivity contribution < 1.29 is 12.8 Å². The highest BCUT2D eigenvalue weighted by Gasteiger charge is 2.12. The summed E-state index contributed by atoms with van der Waals surface area (Å²) in [4.78, 5) is 0. The van der Waals surface area contributed by atoms with Crippen molar-refractivity contribution in [2.75, 3.05) is 17.0 Å². The van der Waals surface area contributed by atoms with E-state index >= 15 is 0 Å². The van der Waals surface area contributed by atoms with Gasteiger partial charge in [0.2, 0.25) is 10.0 Å². The van der Waals surface area contributed by atoms with Crippen LogP contribution in [0.15, 0.2) is 18.2 Å². The molecule has 0 spiro atoms. The maximum atomic E-state index is 12.8. The van der Waals surface area contributed by atoms with Crippen molar-refractivity contribution in [3.63, 3.8) is 0 Å². The Bertz CT molecular complexity index is 522. The molecule has 0 amide bonds. The normalized spacial score (nSPS) is 10.8. The van der Waals surface area contributed by atoms with E-state index in [0.717, 1.165) is 12.1 Å². The third kappa shape index (κ3) is 3.18. The predicted molar refractivity (Wildman–Crippen MR) is 57.6 cm³/mol. The zero-order valence-corrected chi connectivity index (χ0v) is 9.09. The summed E-state index contributed by atoms with van der Waals surface area (Å²) in [6.45, 7) is -0.0294. The molecular formula is C9H10FN3O2S. The molecule has 0 aliphatic heterocycles. The molecule has 1 aromatic rings. The SMILES string of the molecule is N#Cc1cc(F)ccc1NS(=O)(=O)CCN. The van der Waals surface area contributed by atoms with E-state index in [1.54, 1.807) is 6.07 Å². The van der Waals surface area contributed by atoms with Crippen LogP contribution in [-0.4, -0.2) is 20.7 Å². The Hall–Kier alpha value is -1.65. The van der Waals surface area contributed by atoms with Gasteiger partial charge in [-0.3, -0.25) is 4.72 Å². The lowest BCUT2D eigenvalue weighted by Crippen LogP contribution is -2.22. The summed E-state index contributed by atoms with van der Waals surface area (Å²) in [6, 6.07) is 4.93. The minimum Gasteiger partial charge on any atom is -0.329 e. The lowest BCUT2D eigenvalue weighted by atomic mass is 10.2. The molecule has 0 atom stereocenters. The Morgan fingerprint density at radius 1 is 1.50 bits per heavy atom. The molecule has 7 heteroatoms. The lowest BCUT2D eigenvalue weighted by Gasteiger charge is -2.08. The third-order valence-corrected chi connectivity index (χ3v) is 3.06. The van der Waals surface area contributed by atoms with E-state index in [2.05, 4.69) is 4.72 Å². The van der Waals surface area contributed by atoms with Crippen LogP contribution in [0.2, 0.25) is 0 Å². The largest absolute Gasteiger partial charge is 0.329 e. The van der Waals surface area contributed by atoms with Gasteiger partial charge in [0.1, 0.15) is 11.9 Å². The van der Waals surface area contributed by atoms with Crippen molar-refractivity contribution in [1.82, 2.24) is 0 Å². The molecule has 5 nitrogen and oxygen atoms in total. The molecule has 0 aliphatic carbocycles. The number of nitriles is 1. The van der Waals surface area contributed by atoms with E-state index < -0.39 is 15.8 Å². The molecule has 0 radical (unpaired) electrons. The highest BCUT2D eigenvalue weighted by molar-refractivity contribution is 7.92. The van der Waals surface area contributed by atoms with E-state index in [4.69, 9.17) is 11.0 Å². The smallest absolute Gasteiger partial charge is 0.234 e. The number of rotatable bonds is 4. The number of hydrogen-bond donors (Lipinski definition) is 2. The molecule has 0 saturated carbocycles. The van der Waals surface area contributed by atoms with Crippen LogP contribution in [0.4, 0.5) is 10.1 Å². The number of hydrogen-bond acceptors (Lipinski definition) is 4. The Labute approximate surface area is 92.7 Å². The van der Waals surface area contributed by atoms with Gasteiger partial charge >= 0.3 is 0 Å². The molecule has 86 valence electrons. The fourth-order valence-corrected chi connectivity index (χ4v) is 2.00. The van der Waals surface area contributed by atoms with Gasteiger partial charge in [-0.2, -0.15) is 5.26 Å². The van der Waals surface area contributed by atoms with Gasteiger partial charge in [0.05, 0.1) is 17.0 Å². The molecule has 0 unspecified atom stereocenters. The molecule has 1 rings (SSSR count). The van der Waals surface area contributed by atoms with Crippen molar-refractivity contribution in [3.8, 4) is 6.07 Å². The first-order valence-electron chi connectivity index (χ1n) is 4.39. The number of nitrogens with one attached hydrogen (secondary N) is 1. The molecular weight excluding hydrogens is 233 g/mol. The first-order valence-corrected chi connectivity index (χ1v) is 6.04. The summed E-state index contributed by atoms with van der Waals surface area (Å²) in [5.41, 5.74) is 5.10. The van der Waals surface area contributed by atoms with Gasteiger partial charge in [0.15, 0.2) is 0 Å². The second-order valence-corrected chi connectivity index (χ2v) is 4.85. The fourth-order valence-electron chi connectivity index (χ4n) is 1.07. The number of nitrogens with zero attached hydrogens (tertiary/aromatic N) is 1. The van der Waals surface area contributed by atoms with Crippen molar-refractivity contribution in [3.05, 3.63) is 29.6 Å². The van der Waals surface area contributed by atoms with Crippen LogP contribution < -0.4 is 10.5 Å². The van der Waals surface area contributed by atoms with Crippen LogP contribution in [0.1, 0.15) is 5.56 Å².